The summed E-state index contributed by atoms with van der Waals surface area (Å²) < 4.78 is 4.65. The SMILES string of the molecule is COC(=O)c1ccccc1C(=O)Nc1ccccc1C#N. The average Bonchev–Trinajstić information content (AvgIpc) is 2.54. The van der Waals surface area contributed by atoms with E-state index in [9.17, 15) is 9.59 Å². The molecule has 0 unspecified atom stereocenters. The number of hydrogen-bond acceptors (Lipinski definition) is 4. The molecule has 21 heavy (non-hydrogen) atoms. The van der Waals surface area contributed by atoms with Gasteiger partial charge in [-0.3, -0.25) is 4.79 Å². The van der Waals surface area contributed by atoms with Gasteiger partial charge in [-0.1, -0.05) is 24.3 Å². The number of nitrogens with zero attached hydrogens (tertiary/aromatic N) is 1. The molecule has 0 fully saturated rings. The fourth-order valence-electron chi connectivity index (χ4n) is 1.85. The number of hydrogen-bond donors (Lipinski definition) is 1. The van der Waals surface area contributed by atoms with Crippen LogP contribution in [0.1, 0.15) is 26.3 Å². The second-order valence-corrected chi connectivity index (χ2v) is 4.15. The van der Waals surface area contributed by atoms with E-state index in [2.05, 4.69) is 10.1 Å². The molecule has 0 aliphatic carbocycles. The fourth-order valence-corrected chi connectivity index (χ4v) is 1.85. The van der Waals surface area contributed by atoms with E-state index in [-0.39, 0.29) is 11.1 Å². The summed E-state index contributed by atoms with van der Waals surface area (Å²) in [6, 6.07) is 15.0. The van der Waals surface area contributed by atoms with Crippen molar-refractivity contribution < 1.29 is 14.3 Å². The van der Waals surface area contributed by atoms with Crippen molar-refractivity contribution in [3.8, 4) is 6.07 Å². The molecule has 0 aliphatic heterocycles. The van der Waals surface area contributed by atoms with Crippen LogP contribution in [0.25, 0.3) is 0 Å². The van der Waals surface area contributed by atoms with Gasteiger partial charge in [-0.05, 0) is 24.3 Å². The van der Waals surface area contributed by atoms with Crippen LogP contribution in [0.2, 0.25) is 0 Å². The van der Waals surface area contributed by atoms with Gasteiger partial charge in [0.1, 0.15) is 6.07 Å². The van der Waals surface area contributed by atoms with E-state index in [4.69, 9.17) is 5.26 Å². The van der Waals surface area contributed by atoms with Gasteiger partial charge >= 0.3 is 5.97 Å². The van der Waals surface area contributed by atoms with Crippen molar-refractivity contribution in [3.05, 3.63) is 65.2 Å². The Labute approximate surface area is 121 Å². The smallest absolute Gasteiger partial charge is 0.338 e. The van der Waals surface area contributed by atoms with Crippen LogP contribution in [-0.4, -0.2) is 19.0 Å². The Morgan fingerprint density at radius 2 is 1.67 bits per heavy atom. The number of carbonyl (C=O) groups is 2. The standard InChI is InChI=1S/C16H12N2O3/c1-21-16(20)13-8-4-3-7-12(13)15(19)18-14-9-5-2-6-11(14)10-17/h2-9H,1H3,(H,18,19). The second-order valence-electron chi connectivity index (χ2n) is 4.15. The summed E-state index contributed by atoms with van der Waals surface area (Å²) in [4.78, 5) is 24.0. The highest BCUT2D eigenvalue weighted by Crippen LogP contribution is 2.17. The van der Waals surface area contributed by atoms with Gasteiger partial charge in [-0.15, -0.1) is 0 Å². The number of anilines is 1. The largest absolute Gasteiger partial charge is 0.465 e. The number of benzene rings is 2. The van der Waals surface area contributed by atoms with Crippen LogP contribution < -0.4 is 5.32 Å². The molecule has 0 aromatic heterocycles. The minimum Gasteiger partial charge on any atom is -0.465 e. The molecule has 0 radical (unpaired) electrons. The molecule has 1 N–H and O–H groups in total. The Morgan fingerprint density at radius 3 is 2.33 bits per heavy atom. The van der Waals surface area contributed by atoms with Gasteiger partial charge in [0.25, 0.3) is 5.91 Å². The third kappa shape index (κ3) is 3.07. The Kier molecular flexibility index (Phi) is 4.32. The van der Waals surface area contributed by atoms with Crippen LogP contribution in [0.3, 0.4) is 0 Å². The summed E-state index contributed by atoms with van der Waals surface area (Å²) >= 11 is 0. The highest BCUT2D eigenvalue weighted by Gasteiger charge is 2.17. The van der Waals surface area contributed by atoms with Crippen molar-refractivity contribution in [1.82, 2.24) is 0 Å². The van der Waals surface area contributed by atoms with Gasteiger partial charge in [-0.25, -0.2) is 4.79 Å². The van der Waals surface area contributed by atoms with Gasteiger partial charge in [0.2, 0.25) is 0 Å². The van der Waals surface area contributed by atoms with Crippen LogP contribution >= 0.6 is 0 Å². The Bertz CT molecular complexity index is 732. The number of ether oxygens (including phenoxy) is 1. The molecule has 2 aromatic rings. The zero-order valence-corrected chi connectivity index (χ0v) is 11.3. The number of rotatable bonds is 3. The Morgan fingerprint density at radius 1 is 1.05 bits per heavy atom. The summed E-state index contributed by atoms with van der Waals surface area (Å²) in [6.07, 6.45) is 0. The highest BCUT2D eigenvalue weighted by molar-refractivity contribution is 6.11. The summed E-state index contributed by atoms with van der Waals surface area (Å²) in [5.41, 5.74) is 1.11. The maximum Gasteiger partial charge on any atom is 0.338 e. The van der Waals surface area contributed by atoms with Crippen LogP contribution in [0.4, 0.5) is 5.69 Å². The summed E-state index contributed by atoms with van der Waals surface area (Å²) in [5, 5.41) is 11.6. The first-order chi connectivity index (χ1) is 10.2. The molecule has 0 heterocycles. The molecule has 0 spiro atoms. The average molecular weight is 280 g/mol. The molecule has 5 nitrogen and oxygen atoms in total. The molecule has 0 saturated heterocycles. The lowest BCUT2D eigenvalue weighted by Crippen LogP contribution is -2.17. The molecular formula is C16H12N2O3. The molecule has 2 rings (SSSR count). The predicted molar refractivity (Wildman–Crippen MR) is 76.9 cm³/mol. The third-order valence-electron chi connectivity index (χ3n) is 2.87. The molecule has 0 aliphatic rings. The molecule has 0 atom stereocenters. The van der Waals surface area contributed by atoms with E-state index in [1.54, 1.807) is 36.4 Å². The highest BCUT2D eigenvalue weighted by atomic mass is 16.5. The Hall–Kier alpha value is -3.13. The first-order valence-electron chi connectivity index (χ1n) is 6.15. The summed E-state index contributed by atoms with van der Waals surface area (Å²) in [7, 11) is 1.25. The first-order valence-corrected chi connectivity index (χ1v) is 6.15. The van der Waals surface area contributed by atoms with Crippen molar-refractivity contribution in [3.63, 3.8) is 0 Å². The monoisotopic (exact) mass is 280 g/mol. The third-order valence-corrected chi connectivity index (χ3v) is 2.87. The molecule has 2 aromatic carbocycles. The minimum atomic E-state index is -0.589. The number of para-hydroxylation sites is 1. The minimum absolute atomic E-state index is 0.173. The van der Waals surface area contributed by atoms with Gasteiger partial charge in [0, 0.05) is 0 Å². The second kappa shape index (κ2) is 6.35. The maximum atomic E-state index is 12.3. The van der Waals surface area contributed by atoms with Gasteiger partial charge in [0.15, 0.2) is 0 Å². The number of methoxy groups -OCH3 is 1. The fraction of sp³-hybridized carbons (Fsp3) is 0.0625. The van der Waals surface area contributed by atoms with Crippen molar-refractivity contribution >= 4 is 17.6 Å². The summed E-state index contributed by atoms with van der Waals surface area (Å²) in [5.74, 6) is -1.06. The molecule has 0 saturated carbocycles. The number of amides is 1. The number of nitrogens with one attached hydrogen (secondary N) is 1. The van der Waals surface area contributed by atoms with Crippen LogP contribution in [-0.2, 0) is 4.74 Å². The normalized spacial score (nSPS) is 9.52. The number of carbonyl (C=O) groups excluding carboxylic acids is 2. The zero-order valence-electron chi connectivity index (χ0n) is 11.3. The van der Waals surface area contributed by atoms with Crippen LogP contribution in [0, 0.1) is 11.3 Å². The van der Waals surface area contributed by atoms with Crippen molar-refractivity contribution in [1.29, 1.82) is 5.26 Å². The van der Waals surface area contributed by atoms with Crippen molar-refractivity contribution in [2.24, 2.45) is 0 Å². The number of esters is 1. The molecular weight excluding hydrogens is 268 g/mol. The van der Waals surface area contributed by atoms with Crippen molar-refractivity contribution in [2.45, 2.75) is 0 Å². The van der Waals surface area contributed by atoms with E-state index in [1.165, 1.54) is 19.2 Å². The van der Waals surface area contributed by atoms with E-state index in [1.807, 2.05) is 6.07 Å². The quantitative estimate of drug-likeness (QED) is 0.876. The lowest BCUT2D eigenvalue weighted by Gasteiger charge is -2.09. The lowest BCUT2D eigenvalue weighted by molar-refractivity contribution is 0.0597. The van der Waals surface area contributed by atoms with Crippen molar-refractivity contribution in [2.75, 3.05) is 12.4 Å². The van der Waals surface area contributed by atoms with Gasteiger partial charge < -0.3 is 10.1 Å². The van der Waals surface area contributed by atoms with E-state index >= 15 is 0 Å². The summed E-state index contributed by atoms with van der Waals surface area (Å²) in [6.45, 7) is 0. The lowest BCUT2D eigenvalue weighted by atomic mass is 10.1. The van der Waals surface area contributed by atoms with Crippen LogP contribution in [0.15, 0.2) is 48.5 Å². The zero-order chi connectivity index (χ0) is 15.2. The Balaban J connectivity index is 2.34. The van der Waals surface area contributed by atoms with Gasteiger partial charge in [-0.2, -0.15) is 5.26 Å². The maximum absolute atomic E-state index is 12.3. The number of nitriles is 1. The molecule has 104 valence electrons. The molecule has 1 amide bonds. The first kappa shape index (κ1) is 14.3. The van der Waals surface area contributed by atoms with E-state index < -0.39 is 11.9 Å². The van der Waals surface area contributed by atoms with E-state index in [0.29, 0.717) is 11.3 Å². The molecule has 0 bridgehead atoms. The van der Waals surface area contributed by atoms with Gasteiger partial charge in [0.05, 0.1) is 29.5 Å². The van der Waals surface area contributed by atoms with E-state index in [0.717, 1.165) is 0 Å². The molecule has 5 heteroatoms. The predicted octanol–water partition coefficient (Wildman–Crippen LogP) is 2.60. The van der Waals surface area contributed by atoms with Crippen LogP contribution in [0.5, 0.6) is 0 Å². The topological polar surface area (TPSA) is 79.2 Å².